The van der Waals surface area contributed by atoms with Crippen LogP contribution in [0.3, 0.4) is 0 Å². The van der Waals surface area contributed by atoms with Gasteiger partial charge in [0.1, 0.15) is 0 Å². The summed E-state index contributed by atoms with van der Waals surface area (Å²) < 4.78 is 27.2. The second-order valence-electron chi connectivity index (χ2n) is 6.13. The summed E-state index contributed by atoms with van der Waals surface area (Å²) >= 11 is 0. The summed E-state index contributed by atoms with van der Waals surface area (Å²) in [5.41, 5.74) is 1.53. The molecule has 1 heterocycles. The summed E-state index contributed by atoms with van der Waals surface area (Å²) in [6.45, 7) is 5.98. The fourth-order valence-corrected chi connectivity index (χ4v) is 4.14. The van der Waals surface area contributed by atoms with Crippen LogP contribution in [0.4, 0.5) is 11.4 Å². The molecule has 7 heteroatoms. The lowest BCUT2D eigenvalue weighted by molar-refractivity contribution is 0.149. The molecule has 0 aromatic heterocycles. The number of piperazine rings is 1. The second kappa shape index (κ2) is 8.53. The first-order valence-corrected chi connectivity index (χ1v) is 10.4. The lowest BCUT2D eigenvalue weighted by atomic mass is 10.2. The summed E-state index contributed by atoms with van der Waals surface area (Å²) in [4.78, 5) is 8.03. The third-order valence-corrected chi connectivity index (χ3v) is 5.84. The highest BCUT2D eigenvalue weighted by Gasteiger charge is 2.26. The lowest BCUT2D eigenvalue weighted by Gasteiger charge is -2.29. The average Bonchev–Trinajstić information content (AvgIpc) is 2.70. The van der Waals surface area contributed by atoms with Crippen molar-refractivity contribution in [2.24, 2.45) is 0 Å². The van der Waals surface area contributed by atoms with E-state index in [-0.39, 0.29) is 4.90 Å². The SMILES string of the molecule is CCCON(c1ccccc1)S(=O)(=O)c1ccc(N2CCNCC2)cc1. The molecule has 2 aromatic carbocycles. The predicted molar refractivity (Wildman–Crippen MR) is 104 cm³/mol. The quantitative estimate of drug-likeness (QED) is 0.754. The third-order valence-electron chi connectivity index (χ3n) is 4.21. The number of anilines is 2. The first kappa shape index (κ1) is 18.7. The Balaban J connectivity index is 1.86. The smallest absolute Gasteiger partial charge is 0.286 e. The zero-order valence-electron chi connectivity index (χ0n) is 15.0. The fourth-order valence-electron chi connectivity index (χ4n) is 2.85. The maximum Gasteiger partial charge on any atom is 0.286 e. The van der Waals surface area contributed by atoms with Gasteiger partial charge in [-0.1, -0.05) is 25.1 Å². The number of hydrogen-bond donors (Lipinski definition) is 1. The van der Waals surface area contributed by atoms with E-state index in [2.05, 4.69) is 10.2 Å². The fraction of sp³-hybridized carbons (Fsp3) is 0.368. The molecule has 0 radical (unpaired) electrons. The van der Waals surface area contributed by atoms with Crippen molar-refractivity contribution in [1.82, 2.24) is 5.32 Å². The molecule has 0 amide bonds. The Hall–Kier alpha value is -2.09. The van der Waals surface area contributed by atoms with Crippen LogP contribution in [-0.2, 0) is 14.9 Å². The van der Waals surface area contributed by atoms with Gasteiger partial charge < -0.3 is 10.2 Å². The maximum absolute atomic E-state index is 13.1. The van der Waals surface area contributed by atoms with Gasteiger partial charge in [0.15, 0.2) is 0 Å². The molecule has 0 saturated carbocycles. The molecule has 1 fully saturated rings. The van der Waals surface area contributed by atoms with E-state index in [1.54, 1.807) is 36.4 Å². The predicted octanol–water partition coefficient (Wildman–Crippen LogP) is 2.63. The van der Waals surface area contributed by atoms with Gasteiger partial charge in [-0.15, -0.1) is 4.47 Å². The van der Waals surface area contributed by atoms with Crippen LogP contribution in [0.1, 0.15) is 13.3 Å². The number of nitrogens with zero attached hydrogens (tertiary/aromatic N) is 2. The molecular formula is C19H25N3O3S. The van der Waals surface area contributed by atoms with Gasteiger partial charge in [0.2, 0.25) is 0 Å². The Bertz CT molecular complexity index is 789. The van der Waals surface area contributed by atoms with Crippen molar-refractivity contribution in [1.29, 1.82) is 0 Å². The highest BCUT2D eigenvalue weighted by Crippen LogP contribution is 2.26. The van der Waals surface area contributed by atoms with E-state index < -0.39 is 10.0 Å². The molecule has 1 aliphatic rings. The molecule has 1 N–H and O–H groups in total. The molecule has 0 spiro atoms. The van der Waals surface area contributed by atoms with E-state index in [1.807, 2.05) is 25.1 Å². The lowest BCUT2D eigenvalue weighted by Crippen LogP contribution is -2.43. The molecule has 0 aliphatic carbocycles. The van der Waals surface area contributed by atoms with Crippen molar-refractivity contribution < 1.29 is 13.3 Å². The average molecular weight is 375 g/mol. The number of para-hydroxylation sites is 1. The van der Waals surface area contributed by atoms with Crippen LogP contribution in [0.5, 0.6) is 0 Å². The number of nitrogens with one attached hydrogen (secondary N) is 1. The van der Waals surface area contributed by atoms with Crippen molar-refractivity contribution >= 4 is 21.4 Å². The van der Waals surface area contributed by atoms with E-state index in [9.17, 15) is 8.42 Å². The standard InChI is InChI=1S/C19H25N3O3S/c1-2-16-25-22(18-6-4-3-5-7-18)26(23,24)19-10-8-17(9-11-19)21-14-12-20-13-15-21/h3-11,20H,2,12-16H2,1H3. The van der Waals surface area contributed by atoms with Crippen LogP contribution in [0.15, 0.2) is 59.5 Å². The summed E-state index contributed by atoms with van der Waals surface area (Å²) in [5.74, 6) is 0. The van der Waals surface area contributed by atoms with E-state index in [0.29, 0.717) is 12.3 Å². The molecule has 26 heavy (non-hydrogen) atoms. The van der Waals surface area contributed by atoms with Gasteiger partial charge in [0.25, 0.3) is 10.0 Å². The van der Waals surface area contributed by atoms with E-state index in [4.69, 9.17) is 4.84 Å². The molecule has 0 atom stereocenters. The number of rotatable bonds is 7. The van der Waals surface area contributed by atoms with Gasteiger partial charge in [-0.3, -0.25) is 4.84 Å². The largest absolute Gasteiger partial charge is 0.369 e. The minimum atomic E-state index is -3.79. The van der Waals surface area contributed by atoms with Crippen molar-refractivity contribution in [2.75, 3.05) is 42.2 Å². The number of benzene rings is 2. The van der Waals surface area contributed by atoms with Crippen LogP contribution in [0.2, 0.25) is 0 Å². The Morgan fingerprint density at radius 1 is 1.04 bits per heavy atom. The Morgan fingerprint density at radius 2 is 1.69 bits per heavy atom. The monoisotopic (exact) mass is 375 g/mol. The first-order valence-electron chi connectivity index (χ1n) is 8.92. The molecule has 0 bridgehead atoms. The van der Waals surface area contributed by atoms with Gasteiger partial charge >= 0.3 is 0 Å². The maximum atomic E-state index is 13.1. The van der Waals surface area contributed by atoms with Crippen LogP contribution >= 0.6 is 0 Å². The molecule has 1 aliphatic heterocycles. The van der Waals surface area contributed by atoms with Gasteiger partial charge in [-0.25, -0.2) is 0 Å². The summed E-state index contributed by atoms with van der Waals surface area (Å²) in [6, 6.07) is 15.9. The molecule has 3 rings (SSSR count). The first-order chi connectivity index (χ1) is 12.6. The van der Waals surface area contributed by atoms with Gasteiger partial charge in [-0.05, 0) is 42.8 Å². The minimum Gasteiger partial charge on any atom is -0.369 e. The Labute approximate surface area is 155 Å². The molecule has 0 unspecified atom stereocenters. The van der Waals surface area contributed by atoms with Gasteiger partial charge in [0, 0.05) is 31.9 Å². The summed E-state index contributed by atoms with van der Waals surface area (Å²) in [5, 5.41) is 3.31. The van der Waals surface area contributed by atoms with E-state index in [1.165, 1.54) is 0 Å². The zero-order valence-corrected chi connectivity index (χ0v) is 15.8. The normalized spacial score (nSPS) is 15.0. The minimum absolute atomic E-state index is 0.219. The summed E-state index contributed by atoms with van der Waals surface area (Å²) in [6.07, 6.45) is 0.723. The van der Waals surface area contributed by atoms with Crippen molar-refractivity contribution in [2.45, 2.75) is 18.2 Å². The molecule has 140 valence electrons. The van der Waals surface area contributed by atoms with Crippen molar-refractivity contribution in [3.05, 3.63) is 54.6 Å². The highest BCUT2D eigenvalue weighted by atomic mass is 32.2. The molecule has 6 nitrogen and oxygen atoms in total. The Morgan fingerprint density at radius 3 is 2.31 bits per heavy atom. The summed E-state index contributed by atoms with van der Waals surface area (Å²) in [7, 11) is -3.79. The highest BCUT2D eigenvalue weighted by molar-refractivity contribution is 7.92. The van der Waals surface area contributed by atoms with E-state index >= 15 is 0 Å². The van der Waals surface area contributed by atoms with Crippen LogP contribution in [0, 0.1) is 0 Å². The molecular weight excluding hydrogens is 350 g/mol. The van der Waals surface area contributed by atoms with Crippen LogP contribution in [0.25, 0.3) is 0 Å². The second-order valence-corrected chi connectivity index (χ2v) is 7.89. The number of sulfonamides is 1. The third kappa shape index (κ3) is 4.17. The van der Waals surface area contributed by atoms with Crippen LogP contribution < -0.4 is 14.7 Å². The van der Waals surface area contributed by atoms with Crippen molar-refractivity contribution in [3.63, 3.8) is 0 Å². The van der Waals surface area contributed by atoms with Crippen molar-refractivity contribution in [3.8, 4) is 0 Å². The van der Waals surface area contributed by atoms with Gasteiger partial charge in [-0.2, -0.15) is 8.42 Å². The molecule has 1 saturated heterocycles. The number of hydrogen-bond acceptors (Lipinski definition) is 5. The van der Waals surface area contributed by atoms with Crippen LogP contribution in [-0.4, -0.2) is 41.2 Å². The van der Waals surface area contributed by atoms with E-state index in [0.717, 1.165) is 42.8 Å². The van der Waals surface area contributed by atoms with Gasteiger partial charge in [0.05, 0.1) is 17.2 Å². The Kier molecular flexibility index (Phi) is 6.13. The molecule has 2 aromatic rings. The zero-order chi connectivity index (χ0) is 18.4. The topological polar surface area (TPSA) is 61.9 Å².